The number of anilines is 1. The molecule has 0 aliphatic carbocycles. The van der Waals surface area contributed by atoms with Crippen molar-refractivity contribution in [3.8, 4) is 33.6 Å². The van der Waals surface area contributed by atoms with Crippen LogP contribution in [-0.4, -0.2) is 31.1 Å². The molecule has 0 bridgehead atoms. The van der Waals surface area contributed by atoms with Gasteiger partial charge < -0.3 is 10.3 Å². The van der Waals surface area contributed by atoms with E-state index >= 15 is 0 Å². The number of amides is 1. The Balaban J connectivity index is 1.40. The van der Waals surface area contributed by atoms with Crippen LogP contribution >= 0.6 is 0 Å². The molecule has 1 amide bonds. The lowest BCUT2D eigenvalue weighted by molar-refractivity contribution is -0.116. The van der Waals surface area contributed by atoms with Crippen molar-refractivity contribution in [2.45, 2.75) is 19.8 Å². The lowest BCUT2D eigenvalue weighted by atomic mass is 10.0. The number of aromatic nitrogens is 5. The number of carbonyl (C=O) groups excluding carboxylic acids is 1. The molecule has 2 aromatic carbocycles. The summed E-state index contributed by atoms with van der Waals surface area (Å²) in [5, 5.41) is 12.5. The summed E-state index contributed by atoms with van der Waals surface area (Å²) < 4.78 is 13.9. The first-order chi connectivity index (χ1) is 18.1. The van der Waals surface area contributed by atoms with Gasteiger partial charge in [0.25, 0.3) is 0 Å². The van der Waals surface area contributed by atoms with Crippen LogP contribution in [0, 0.1) is 5.82 Å². The van der Waals surface area contributed by atoms with E-state index < -0.39 is 0 Å². The summed E-state index contributed by atoms with van der Waals surface area (Å²) in [6, 6.07) is 16.5. The van der Waals surface area contributed by atoms with Gasteiger partial charge in [0, 0.05) is 40.7 Å². The second-order valence-electron chi connectivity index (χ2n) is 8.93. The van der Waals surface area contributed by atoms with E-state index in [1.54, 1.807) is 30.9 Å². The first kappa shape index (κ1) is 22.6. The molecule has 6 rings (SSSR count). The molecule has 0 saturated heterocycles. The highest BCUT2D eigenvalue weighted by molar-refractivity contribution is 6.01. The van der Waals surface area contributed by atoms with E-state index in [0.29, 0.717) is 12.1 Å². The lowest BCUT2D eigenvalue weighted by Crippen LogP contribution is -2.10. The standard InChI is InChI=1S/C29H23FN6O/c1-2-4-28(37)33-21-10-19(13-31-14-21)17-7-8-25-23(11-17)29(36-35-25)26-12-22-24(15-32-16-27(22)34-26)18-5-3-6-20(30)9-18/h3,5-16,34H,2,4H2,1H3,(H,33,37)(H,35,36). The van der Waals surface area contributed by atoms with Crippen LogP contribution in [-0.2, 0) is 4.79 Å². The van der Waals surface area contributed by atoms with Crippen LogP contribution in [0.5, 0.6) is 0 Å². The molecule has 4 aromatic heterocycles. The van der Waals surface area contributed by atoms with E-state index in [-0.39, 0.29) is 11.7 Å². The number of nitrogens with one attached hydrogen (secondary N) is 3. The van der Waals surface area contributed by atoms with Crippen LogP contribution in [0.15, 0.2) is 79.4 Å². The van der Waals surface area contributed by atoms with E-state index in [1.165, 1.54) is 12.1 Å². The largest absolute Gasteiger partial charge is 0.352 e. The van der Waals surface area contributed by atoms with Gasteiger partial charge in [-0.05, 0) is 53.9 Å². The number of hydrogen-bond donors (Lipinski definition) is 3. The average molecular weight is 491 g/mol. The molecular formula is C29H23FN6O. The van der Waals surface area contributed by atoms with Crippen LogP contribution < -0.4 is 5.32 Å². The molecule has 0 spiro atoms. The molecule has 0 saturated carbocycles. The molecule has 0 radical (unpaired) electrons. The smallest absolute Gasteiger partial charge is 0.224 e. The lowest BCUT2D eigenvalue weighted by Gasteiger charge is -2.07. The third kappa shape index (κ3) is 4.33. The van der Waals surface area contributed by atoms with Gasteiger partial charge in [0.1, 0.15) is 11.5 Å². The Morgan fingerprint density at radius 2 is 1.78 bits per heavy atom. The molecule has 182 valence electrons. The highest BCUT2D eigenvalue weighted by Crippen LogP contribution is 2.35. The number of carbonyl (C=O) groups is 1. The number of pyridine rings is 2. The number of nitrogens with zero attached hydrogens (tertiary/aromatic N) is 3. The second-order valence-corrected chi connectivity index (χ2v) is 8.93. The number of fused-ring (bicyclic) bond motifs is 2. The van der Waals surface area contributed by atoms with E-state index in [9.17, 15) is 9.18 Å². The first-order valence-electron chi connectivity index (χ1n) is 12.1. The minimum atomic E-state index is -0.292. The van der Waals surface area contributed by atoms with Crippen molar-refractivity contribution in [2.24, 2.45) is 0 Å². The average Bonchev–Trinajstić information content (AvgIpc) is 3.52. The normalized spacial score (nSPS) is 11.3. The van der Waals surface area contributed by atoms with Gasteiger partial charge in [-0.15, -0.1) is 0 Å². The van der Waals surface area contributed by atoms with Gasteiger partial charge in [-0.1, -0.05) is 25.1 Å². The fourth-order valence-corrected chi connectivity index (χ4v) is 4.58. The predicted molar refractivity (Wildman–Crippen MR) is 143 cm³/mol. The van der Waals surface area contributed by atoms with Crippen LogP contribution in [0.1, 0.15) is 19.8 Å². The Hall–Kier alpha value is -4.85. The van der Waals surface area contributed by atoms with Gasteiger partial charge in [-0.2, -0.15) is 5.10 Å². The maximum Gasteiger partial charge on any atom is 0.224 e. The third-order valence-electron chi connectivity index (χ3n) is 6.33. The van der Waals surface area contributed by atoms with Gasteiger partial charge in [0.2, 0.25) is 5.91 Å². The molecule has 0 aliphatic rings. The summed E-state index contributed by atoms with van der Waals surface area (Å²) >= 11 is 0. The van der Waals surface area contributed by atoms with Gasteiger partial charge in [0.15, 0.2) is 0 Å². The number of benzene rings is 2. The van der Waals surface area contributed by atoms with Gasteiger partial charge in [0.05, 0.1) is 34.8 Å². The van der Waals surface area contributed by atoms with Crippen LogP contribution in [0.25, 0.3) is 55.4 Å². The predicted octanol–water partition coefficient (Wildman–Crippen LogP) is 6.71. The summed E-state index contributed by atoms with van der Waals surface area (Å²) in [6.45, 7) is 1.97. The van der Waals surface area contributed by atoms with Crippen molar-refractivity contribution in [3.63, 3.8) is 0 Å². The van der Waals surface area contributed by atoms with E-state index in [0.717, 1.165) is 61.9 Å². The Labute approximate surface area is 211 Å². The quantitative estimate of drug-likeness (QED) is 0.241. The number of hydrogen-bond acceptors (Lipinski definition) is 4. The maximum absolute atomic E-state index is 13.9. The molecule has 0 aliphatic heterocycles. The summed E-state index contributed by atoms with van der Waals surface area (Å²) in [5.74, 6) is -0.320. The zero-order chi connectivity index (χ0) is 25.4. The third-order valence-corrected chi connectivity index (χ3v) is 6.33. The van der Waals surface area contributed by atoms with Gasteiger partial charge >= 0.3 is 0 Å². The molecule has 37 heavy (non-hydrogen) atoms. The summed E-state index contributed by atoms with van der Waals surface area (Å²) in [7, 11) is 0. The van der Waals surface area contributed by atoms with E-state index in [2.05, 4.69) is 36.5 Å². The fourth-order valence-electron chi connectivity index (χ4n) is 4.58. The molecule has 7 nitrogen and oxygen atoms in total. The maximum atomic E-state index is 13.9. The highest BCUT2D eigenvalue weighted by Gasteiger charge is 2.15. The Morgan fingerprint density at radius 3 is 2.65 bits per heavy atom. The number of aromatic amines is 2. The number of H-pyrrole nitrogens is 2. The van der Waals surface area contributed by atoms with Crippen molar-refractivity contribution in [1.82, 2.24) is 25.1 Å². The number of halogens is 1. The summed E-state index contributed by atoms with van der Waals surface area (Å²) in [6.07, 6.45) is 8.17. The molecule has 4 heterocycles. The van der Waals surface area contributed by atoms with Crippen molar-refractivity contribution in [2.75, 3.05) is 5.32 Å². The SMILES string of the molecule is CCCC(=O)Nc1cncc(-c2ccc3[nH]nc(-c4cc5c(-c6cccc(F)c6)cncc5[nH]4)c3c2)c1. The molecular weight excluding hydrogens is 467 g/mol. The van der Waals surface area contributed by atoms with Gasteiger partial charge in [-0.25, -0.2) is 4.39 Å². The second kappa shape index (κ2) is 9.31. The Morgan fingerprint density at radius 1 is 0.892 bits per heavy atom. The minimum absolute atomic E-state index is 0.0278. The van der Waals surface area contributed by atoms with Crippen LogP contribution in [0.4, 0.5) is 10.1 Å². The Bertz CT molecular complexity index is 1770. The van der Waals surface area contributed by atoms with Crippen molar-refractivity contribution in [3.05, 3.63) is 85.2 Å². The molecule has 6 aromatic rings. The summed E-state index contributed by atoms with van der Waals surface area (Å²) in [4.78, 5) is 24.1. The zero-order valence-corrected chi connectivity index (χ0v) is 20.0. The first-order valence-corrected chi connectivity index (χ1v) is 12.1. The minimum Gasteiger partial charge on any atom is -0.352 e. The van der Waals surface area contributed by atoms with Crippen LogP contribution in [0.2, 0.25) is 0 Å². The Kier molecular flexibility index (Phi) is 5.69. The van der Waals surface area contributed by atoms with Gasteiger partial charge in [-0.3, -0.25) is 19.9 Å². The summed E-state index contributed by atoms with van der Waals surface area (Å²) in [5.41, 5.74) is 7.41. The topological polar surface area (TPSA) is 99.3 Å². The van der Waals surface area contributed by atoms with Crippen molar-refractivity contribution >= 4 is 33.4 Å². The van der Waals surface area contributed by atoms with Crippen LogP contribution in [0.3, 0.4) is 0 Å². The zero-order valence-electron chi connectivity index (χ0n) is 20.0. The van der Waals surface area contributed by atoms with E-state index in [4.69, 9.17) is 0 Å². The van der Waals surface area contributed by atoms with Crippen molar-refractivity contribution in [1.29, 1.82) is 0 Å². The molecule has 0 unspecified atom stereocenters. The fraction of sp³-hybridized carbons (Fsp3) is 0.103. The van der Waals surface area contributed by atoms with Crippen molar-refractivity contribution < 1.29 is 9.18 Å². The molecule has 0 atom stereocenters. The monoisotopic (exact) mass is 490 g/mol. The number of rotatable bonds is 6. The molecule has 3 N–H and O–H groups in total. The molecule has 0 fully saturated rings. The highest BCUT2D eigenvalue weighted by atomic mass is 19.1. The van der Waals surface area contributed by atoms with E-state index in [1.807, 2.05) is 37.3 Å². The molecule has 8 heteroatoms.